The molecule has 2 heterocycles. The Hall–Kier alpha value is -2.67. The van der Waals surface area contributed by atoms with E-state index in [-0.39, 0.29) is 11.9 Å². The number of amides is 1. The number of nitrogens with one attached hydrogen (secondary N) is 2. The Bertz CT molecular complexity index is 961. The largest absolute Gasteiger partial charge is 0.496 e. The molecule has 0 spiro atoms. The maximum atomic E-state index is 13.2. The monoisotopic (exact) mass is 416 g/mol. The minimum atomic E-state index is -0.158. The lowest BCUT2D eigenvalue weighted by molar-refractivity contribution is 0.0916. The number of hydrogen-bond acceptors (Lipinski definition) is 5. The number of rotatable bonds is 9. The van der Waals surface area contributed by atoms with Crippen molar-refractivity contribution in [2.75, 3.05) is 21.3 Å². The van der Waals surface area contributed by atoms with Crippen molar-refractivity contribution in [1.29, 1.82) is 0 Å². The smallest absolute Gasteiger partial charge is 0.268 e. The van der Waals surface area contributed by atoms with Crippen LogP contribution in [0.15, 0.2) is 29.6 Å². The van der Waals surface area contributed by atoms with Gasteiger partial charge in [-0.05, 0) is 23.4 Å². The summed E-state index contributed by atoms with van der Waals surface area (Å²) in [6, 6.07) is 7.63. The number of H-pyrrole nitrogens is 1. The fourth-order valence-electron chi connectivity index (χ4n) is 3.73. The second-order valence-electron chi connectivity index (χ2n) is 6.83. The van der Waals surface area contributed by atoms with Crippen LogP contribution in [0.3, 0.4) is 0 Å². The summed E-state index contributed by atoms with van der Waals surface area (Å²) in [5.74, 6) is 1.90. The van der Waals surface area contributed by atoms with Gasteiger partial charge in [-0.3, -0.25) is 4.79 Å². The van der Waals surface area contributed by atoms with E-state index in [1.807, 2.05) is 11.4 Å². The summed E-state index contributed by atoms with van der Waals surface area (Å²) in [5, 5.41) is 6.04. The zero-order chi connectivity index (χ0) is 21.0. The number of fused-ring (bicyclic) bond motifs is 1. The van der Waals surface area contributed by atoms with Crippen LogP contribution in [-0.2, 0) is 0 Å². The van der Waals surface area contributed by atoms with Crippen LogP contribution in [-0.4, -0.2) is 32.2 Å². The molecule has 0 saturated heterocycles. The van der Waals surface area contributed by atoms with Gasteiger partial charge in [0.05, 0.1) is 32.9 Å². The fraction of sp³-hybridized carbons (Fsp3) is 0.409. The first-order valence-electron chi connectivity index (χ1n) is 9.73. The fourth-order valence-corrected chi connectivity index (χ4v) is 4.60. The van der Waals surface area contributed by atoms with Crippen LogP contribution in [0.5, 0.6) is 17.2 Å². The molecule has 1 unspecified atom stereocenters. The Morgan fingerprint density at radius 2 is 1.83 bits per heavy atom. The molecule has 0 radical (unpaired) electrons. The average molecular weight is 417 g/mol. The van der Waals surface area contributed by atoms with E-state index >= 15 is 0 Å². The van der Waals surface area contributed by atoms with Crippen molar-refractivity contribution in [2.45, 2.75) is 32.7 Å². The topological polar surface area (TPSA) is 72.6 Å². The van der Waals surface area contributed by atoms with Gasteiger partial charge in [0.2, 0.25) is 0 Å². The minimum absolute atomic E-state index is 0.0257. The van der Waals surface area contributed by atoms with E-state index < -0.39 is 0 Å². The molecule has 0 fully saturated rings. The Morgan fingerprint density at radius 3 is 2.38 bits per heavy atom. The molecule has 0 bridgehead atoms. The average Bonchev–Trinajstić information content (AvgIpc) is 3.42. The Morgan fingerprint density at radius 1 is 1.10 bits per heavy atom. The van der Waals surface area contributed by atoms with E-state index in [1.54, 1.807) is 44.8 Å². The lowest BCUT2D eigenvalue weighted by Gasteiger charge is -2.25. The Balaban J connectivity index is 2.00. The van der Waals surface area contributed by atoms with Crippen LogP contribution < -0.4 is 19.5 Å². The molecule has 7 heteroatoms. The third-order valence-corrected chi connectivity index (χ3v) is 6.30. The van der Waals surface area contributed by atoms with Crippen LogP contribution in [0.1, 0.15) is 48.1 Å². The van der Waals surface area contributed by atoms with Gasteiger partial charge in [-0.1, -0.05) is 32.8 Å². The molecule has 0 saturated carbocycles. The Kier molecular flexibility index (Phi) is 6.69. The van der Waals surface area contributed by atoms with E-state index in [9.17, 15) is 4.79 Å². The molecule has 3 rings (SSSR count). The van der Waals surface area contributed by atoms with Crippen LogP contribution >= 0.6 is 11.3 Å². The van der Waals surface area contributed by atoms with Crippen molar-refractivity contribution in [3.05, 3.63) is 40.2 Å². The Labute approximate surface area is 175 Å². The van der Waals surface area contributed by atoms with Gasteiger partial charge in [0.15, 0.2) is 11.5 Å². The van der Waals surface area contributed by atoms with Gasteiger partial charge in [0, 0.05) is 16.3 Å². The molecule has 2 N–H and O–H groups in total. The van der Waals surface area contributed by atoms with Crippen molar-refractivity contribution >= 4 is 28.1 Å². The van der Waals surface area contributed by atoms with E-state index in [2.05, 4.69) is 30.2 Å². The number of aromatic amines is 1. The summed E-state index contributed by atoms with van der Waals surface area (Å²) >= 11 is 1.67. The van der Waals surface area contributed by atoms with Gasteiger partial charge < -0.3 is 24.5 Å². The molecule has 2 aromatic heterocycles. The van der Waals surface area contributed by atoms with Gasteiger partial charge in [0.25, 0.3) is 5.91 Å². The third-order valence-electron chi connectivity index (χ3n) is 5.34. The quantitative estimate of drug-likeness (QED) is 0.505. The number of methoxy groups -OCH3 is 3. The van der Waals surface area contributed by atoms with Gasteiger partial charge in [-0.15, -0.1) is 11.3 Å². The number of hydrogen-bond donors (Lipinski definition) is 2. The molecule has 156 valence electrons. The molecule has 0 aliphatic carbocycles. The molecule has 1 aromatic carbocycles. The molecular weight excluding hydrogens is 388 g/mol. The first kappa shape index (κ1) is 21.0. The van der Waals surface area contributed by atoms with E-state index in [4.69, 9.17) is 14.2 Å². The first-order valence-corrected chi connectivity index (χ1v) is 10.6. The van der Waals surface area contributed by atoms with Crippen molar-refractivity contribution in [1.82, 2.24) is 10.3 Å². The molecule has 29 heavy (non-hydrogen) atoms. The summed E-state index contributed by atoms with van der Waals surface area (Å²) in [6.45, 7) is 4.32. The number of benzene rings is 1. The normalized spacial score (nSPS) is 12.2. The minimum Gasteiger partial charge on any atom is -0.496 e. The highest BCUT2D eigenvalue weighted by Gasteiger charge is 2.26. The van der Waals surface area contributed by atoms with Crippen molar-refractivity contribution in [2.24, 2.45) is 5.92 Å². The SMILES string of the molecule is CCC(CC)C(NC(=O)c1cc2c(OC)cc(OC)c(OC)c2[nH]1)c1cccs1. The maximum Gasteiger partial charge on any atom is 0.268 e. The molecule has 3 aromatic rings. The summed E-state index contributed by atoms with van der Waals surface area (Å²) in [6.07, 6.45) is 1.98. The predicted octanol–water partition coefficient (Wildman–Crippen LogP) is 5.16. The van der Waals surface area contributed by atoms with Crippen LogP contribution in [0.4, 0.5) is 0 Å². The lowest BCUT2D eigenvalue weighted by Crippen LogP contribution is -2.33. The third kappa shape index (κ3) is 4.05. The molecular formula is C22H28N2O4S. The number of carbonyl (C=O) groups is 1. The molecule has 6 nitrogen and oxygen atoms in total. The summed E-state index contributed by atoms with van der Waals surface area (Å²) in [4.78, 5) is 17.5. The lowest BCUT2D eigenvalue weighted by atomic mass is 9.93. The van der Waals surface area contributed by atoms with Crippen LogP contribution in [0.25, 0.3) is 10.9 Å². The highest BCUT2D eigenvalue weighted by molar-refractivity contribution is 7.10. The molecule has 1 amide bonds. The standard InChI is InChI=1S/C22H28N2O4S/c1-6-13(7-2)19(18-9-8-10-29-18)24-22(25)15-11-14-16(26-3)12-17(27-4)21(28-5)20(14)23-15/h8-13,19,23H,6-7H2,1-5H3,(H,24,25). The molecule has 1 atom stereocenters. The van der Waals surface area contributed by atoms with Crippen molar-refractivity contribution in [3.8, 4) is 17.2 Å². The van der Waals surface area contributed by atoms with E-state index in [0.717, 1.165) is 18.2 Å². The van der Waals surface area contributed by atoms with Crippen molar-refractivity contribution in [3.63, 3.8) is 0 Å². The second kappa shape index (κ2) is 9.22. The summed E-state index contributed by atoms with van der Waals surface area (Å²) in [7, 11) is 4.73. The van der Waals surface area contributed by atoms with E-state index in [0.29, 0.717) is 34.4 Å². The summed E-state index contributed by atoms with van der Waals surface area (Å²) in [5.41, 5.74) is 1.13. The van der Waals surface area contributed by atoms with Crippen LogP contribution in [0, 0.1) is 5.92 Å². The predicted molar refractivity (Wildman–Crippen MR) is 117 cm³/mol. The number of aromatic nitrogens is 1. The highest BCUT2D eigenvalue weighted by Crippen LogP contribution is 2.41. The number of carbonyl (C=O) groups excluding carboxylic acids is 1. The summed E-state index contributed by atoms with van der Waals surface area (Å²) < 4.78 is 16.4. The van der Waals surface area contributed by atoms with E-state index in [1.165, 1.54) is 4.88 Å². The zero-order valence-electron chi connectivity index (χ0n) is 17.5. The maximum absolute atomic E-state index is 13.2. The molecule has 0 aliphatic rings. The number of thiophene rings is 1. The number of ether oxygens (including phenoxy) is 3. The highest BCUT2D eigenvalue weighted by atomic mass is 32.1. The van der Waals surface area contributed by atoms with Gasteiger partial charge in [-0.2, -0.15) is 0 Å². The van der Waals surface area contributed by atoms with Gasteiger partial charge >= 0.3 is 0 Å². The van der Waals surface area contributed by atoms with Gasteiger partial charge in [-0.25, -0.2) is 0 Å². The van der Waals surface area contributed by atoms with Crippen molar-refractivity contribution < 1.29 is 19.0 Å². The van der Waals surface area contributed by atoms with Crippen LogP contribution in [0.2, 0.25) is 0 Å². The molecule has 0 aliphatic heterocycles. The van der Waals surface area contributed by atoms with Gasteiger partial charge in [0.1, 0.15) is 11.4 Å². The second-order valence-corrected chi connectivity index (χ2v) is 7.81. The zero-order valence-corrected chi connectivity index (χ0v) is 18.3. The first-order chi connectivity index (χ1) is 14.1.